The fourth-order valence-corrected chi connectivity index (χ4v) is 4.86. The van der Waals surface area contributed by atoms with Crippen LogP contribution in [0.15, 0.2) is 23.2 Å². The number of carbonyl (C=O) groups excluding carboxylic acids is 1. The summed E-state index contributed by atoms with van der Waals surface area (Å²) in [4.78, 5) is 12.6. The third-order valence-corrected chi connectivity index (χ3v) is 6.13. The summed E-state index contributed by atoms with van der Waals surface area (Å²) < 4.78 is 68.7. The van der Waals surface area contributed by atoms with E-state index < -0.39 is 45.5 Å². The molecule has 1 unspecified atom stereocenters. The fraction of sp³-hybridized carbons (Fsp3) is 0.353. The second-order valence-corrected chi connectivity index (χ2v) is 8.33. The van der Waals surface area contributed by atoms with Crippen molar-refractivity contribution >= 4 is 21.6 Å². The van der Waals surface area contributed by atoms with Crippen molar-refractivity contribution < 1.29 is 31.5 Å². The Morgan fingerprint density at radius 3 is 2.50 bits per heavy atom. The van der Waals surface area contributed by atoms with Crippen molar-refractivity contribution in [1.82, 2.24) is 9.29 Å². The van der Waals surface area contributed by atoms with Gasteiger partial charge in [0.2, 0.25) is 10.0 Å². The van der Waals surface area contributed by atoms with Crippen LogP contribution < -0.4 is 10.0 Å². The first kappa shape index (κ1) is 20.4. The number of aromatic nitrogens is 1. The minimum absolute atomic E-state index is 0.0169. The lowest BCUT2D eigenvalue weighted by Gasteiger charge is -2.18. The van der Waals surface area contributed by atoms with Crippen molar-refractivity contribution in [2.45, 2.75) is 36.8 Å². The van der Waals surface area contributed by atoms with Crippen LogP contribution in [0.25, 0.3) is 0 Å². The van der Waals surface area contributed by atoms with Crippen LogP contribution >= 0.6 is 0 Å². The van der Waals surface area contributed by atoms with E-state index in [2.05, 4.69) is 10.0 Å². The summed E-state index contributed by atoms with van der Waals surface area (Å²) in [6.45, 7) is 1.45. The molecule has 0 bridgehead atoms. The van der Waals surface area contributed by atoms with Crippen molar-refractivity contribution in [3.8, 4) is 0 Å². The van der Waals surface area contributed by atoms with Crippen LogP contribution in [0.4, 0.5) is 18.9 Å². The number of halogens is 3. The topological polar surface area (TPSA) is 100 Å². The van der Waals surface area contributed by atoms with Crippen LogP contribution in [0.2, 0.25) is 0 Å². The predicted molar refractivity (Wildman–Crippen MR) is 93.8 cm³/mol. The van der Waals surface area contributed by atoms with Gasteiger partial charge in [0.25, 0.3) is 5.91 Å². The standard InChI is InChI=1S/C17H18F3N3O4S/c1-8(24)13-4-3-10-14(28(26,27)22-13)7-23(2)16(10)17(25)21-9-5-11(18)15(20)12(19)6-9/h5-8,13,22,24H,3-4H2,1-2H3,(H,21,25)/t8?,13-/m1/s1. The molecule has 0 saturated heterocycles. The van der Waals surface area contributed by atoms with Gasteiger partial charge in [-0.25, -0.2) is 26.3 Å². The minimum Gasteiger partial charge on any atom is -0.392 e. The lowest BCUT2D eigenvalue weighted by atomic mass is 10.0. The fourth-order valence-electron chi connectivity index (χ4n) is 3.20. The molecule has 2 heterocycles. The molecule has 11 heteroatoms. The second-order valence-electron chi connectivity index (χ2n) is 6.65. The zero-order valence-corrected chi connectivity index (χ0v) is 15.8. The Kier molecular flexibility index (Phi) is 5.26. The van der Waals surface area contributed by atoms with Crippen LogP contribution in [0.5, 0.6) is 0 Å². The molecule has 28 heavy (non-hydrogen) atoms. The average molecular weight is 417 g/mol. The number of amides is 1. The highest BCUT2D eigenvalue weighted by molar-refractivity contribution is 7.89. The van der Waals surface area contributed by atoms with E-state index in [9.17, 15) is 31.5 Å². The van der Waals surface area contributed by atoms with Gasteiger partial charge in [-0.1, -0.05) is 0 Å². The molecule has 0 saturated carbocycles. The maximum atomic E-state index is 13.4. The largest absolute Gasteiger partial charge is 0.392 e. The Bertz CT molecular complexity index is 1030. The first-order valence-corrected chi connectivity index (χ1v) is 9.84. The Morgan fingerprint density at radius 1 is 1.32 bits per heavy atom. The SMILES string of the molecule is CC(O)[C@H]1CCc2c(cn(C)c2C(=O)Nc2cc(F)c(F)c(F)c2)S(=O)(=O)N1. The van der Waals surface area contributed by atoms with Crippen LogP contribution in [0.1, 0.15) is 29.4 Å². The predicted octanol–water partition coefficient (Wildman–Crippen LogP) is 1.67. The van der Waals surface area contributed by atoms with Gasteiger partial charge in [-0.15, -0.1) is 0 Å². The molecule has 1 amide bonds. The summed E-state index contributed by atoms with van der Waals surface area (Å²) in [6.07, 6.45) is 0.735. The lowest BCUT2D eigenvalue weighted by molar-refractivity contribution is 0.101. The van der Waals surface area contributed by atoms with Gasteiger partial charge < -0.3 is 15.0 Å². The lowest BCUT2D eigenvalue weighted by Crippen LogP contribution is -2.40. The first-order chi connectivity index (χ1) is 13.0. The van der Waals surface area contributed by atoms with Gasteiger partial charge >= 0.3 is 0 Å². The monoisotopic (exact) mass is 417 g/mol. The molecule has 152 valence electrons. The summed E-state index contributed by atoms with van der Waals surface area (Å²) in [5.74, 6) is -5.40. The summed E-state index contributed by atoms with van der Waals surface area (Å²) >= 11 is 0. The van der Waals surface area contributed by atoms with Gasteiger partial charge in [0.1, 0.15) is 10.6 Å². The molecule has 0 spiro atoms. The Labute approximate surface area is 159 Å². The molecular weight excluding hydrogens is 399 g/mol. The smallest absolute Gasteiger partial charge is 0.272 e. The summed E-state index contributed by atoms with van der Waals surface area (Å²) in [5.41, 5.74) is -0.108. The number of fused-ring (bicyclic) bond motifs is 1. The highest BCUT2D eigenvalue weighted by Crippen LogP contribution is 2.29. The van der Waals surface area contributed by atoms with Crippen molar-refractivity contribution in [1.29, 1.82) is 0 Å². The Hall–Kier alpha value is -2.37. The van der Waals surface area contributed by atoms with E-state index in [0.717, 1.165) is 0 Å². The number of sulfonamides is 1. The van der Waals surface area contributed by atoms with Gasteiger partial charge in [-0.2, -0.15) is 0 Å². The number of aliphatic hydroxyl groups excluding tert-OH is 1. The molecule has 2 aromatic rings. The van der Waals surface area contributed by atoms with Gasteiger partial charge in [0.05, 0.1) is 6.10 Å². The molecule has 1 aliphatic heterocycles. The summed E-state index contributed by atoms with van der Waals surface area (Å²) in [6, 6.07) is 0.526. The zero-order valence-electron chi connectivity index (χ0n) is 15.0. The van der Waals surface area contributed by atoms with E-state index in [4.69, 9.17) is 0 Å². The molecule has 1 aromatic carbocycles. The third-order valence-electron chi connectivity index (χ3n) is 4.59. The molecule has 0 aliphatic carbocycles. The minimum atomic E-state index is -3.98. The molecule has 0 fully saturated rings. The summed E-state index contributed by atoms with van der Waals surface area (Å²) in [5, 5.41) is 12.0. The number of carbonyl (C=O) groups is 1. The number of nitrogens with zero attached hydrogens (tertiary/aromatic N) is 1. The van der Waals surface area contributed by atoms with E-state index in [1.807, 2.05) is 0 Å². The Balaban J connectivity index is 1.99. The molecule has 3 rings (SSSR count). The van der Waals surface area contributed by atoms with Crippen LogP contribution in [0, 0.1) is 17.5 Å². The number of nitrogens with one attached hydrogen (secondary N) is 2. The maximum Gasteiger partial charge on any atom is 0.272 e. The van der Waals surface area contributed by atoms with E-state index in [0.29, 0.717) is 12.1 Å². The quantitative estimate of drug-likeness (QED) is 0.662. The van der Waals surface area contributed by atoms with Gasteiger partial charge in [-0.3, -0.25) is 4.79 Å². The normalized spacial score (nSPS) is 19.6. The van der Waals surface area contributed by atoms with Crippen molar-refractivity contribution in [3.63, 3.8) is 0 Å². The van der Waals surface area contributed by atoms with Gasteiger partial charge in [-0.05, 0) is 19.8 Å². The molecule has 2 atom stereocenters. The molecule has 1 aliphatic rings. The van der Waals surface area contributed by atoms with E-state index in [1.54, 1.807) is 0 Å². The number of hydrogen-bond acceptors (Lipinski definition) is 4. The van der Waals surface area contributed by atoms with E-state index >= 15 is 0 Å². The molecule has 0 radical (unpaired) electrons. The third kappa shape index (κ3) is 3.64. The van der Waals surface area contributed by atoms with E-state index in [1.165, 1.54) is 24.7 Å². The zero-order chi connectivity index (χ0) is 20.8. The molecule has 3 N–H and O–H groups in total. The van der Waals surface area contributed by atoms with Crippen LogP contribution in [0.3, 0.4) is 0 Å². The first-order valence-electron chi connectivity index (χ1n) is 8.35. The number of aliphatic hydroxyl groups is 1. The summed E-state index contributed by atoms with van der Waals surface area (Å²) in [7, 11) is -2.52. The molecule has 1 aromatic heterocycles. The van der Waals surface area contributed by atoms with Gasteiger partial charge in [0.15, 0.2) is 17.5 Å². The van der Waals surface area contributed by atoms with Crippen LogP contribution in [-0.2, 0) is 23.5 Å². The maximum absolute atomic E-state index is 13.4. The average Bonchev–Trinajstić information content (AvgIpc) is 2.87. The van der Waals surface area contributed by atoms with Crippen molar-refractivity contribution in [2.24, 2.45) is 7.05 Å². The number of rotatable bonds is 3. The van der Waals surface area contributed by atoms with Crippen molar-refractivity contribution in [3.05, 3.63) is 47.0 Å². The molecule has 7 nitrogen and oxygen atoms in total. The number of hydrogen-bond donors (Lipinski definition) is 3. The van der Waals surface area contributed by atoms with Crippen LogP contribution in [-0.4, -0.2) is 36.1 Å². The van der Waals surface area contributed by atoms with Crippen molar-refractivity contribution in [2.75, 3.05) is 5.32 Å². The number of benzene rings is 1. The van der Waals surface area contributed by atoms with Gasteiger partial charge in [0, 0.05) is 42.7 Å². The molecular formula is C17H18F3N3O4S. The van der Waals surface area contributed by atoms with E-state index in [-0.39, 0.29) is 34.7 Å². The number of aryl methyl sites for hydroxylation is 1. The highest BCUT2D eigenvalue weighted by atomic mass is 32.2. The Morgan fingerprint density at radius 2 is 1.93 bits per heavy atom. The number of anilines is 1. The second kappa shape index (κ2) is 7.22. The highest BCUT2D eigenvalue weighted by Gasteiger charge is 2.34.